The summed E-state index contributed by atoms with van der Waals surface area (Å²) in [5.41, 5.74) is 3.09. The van der Waals surface area contributed by atoms with Gasteiger partial charge in [-0.15, -0.1) is 0 Å². The molecule has 9 nitrogen and oxygen atoms in total. The zero-order chi connectivity index (χ0) is 22.8. The molecule has 168 valence electrons. The number of nitrogen functional groups attached to an aromatic ring is 1. The molecule has 1 aliphatic heterocycles. The molecule has 1 aliphatic rings. The molecule has 32 heavy (non-hydrogen) atoms. The largest absolute Gasteiger partial charge is 0.365 e. The Kier molecular flexibility index (Phi) is 6.10. The molecule has 0 radical (unpaired) electrons. The Morgan fingerprint density at radius 1 is 1.16 bits per heavy atom. The van der Waals surface area contributed by atoms with Crippen LogP contribution in [0, 0.1) is 11.8 Å². The molecule has 1 aromatic carbocycles. The highest BCUT2D eigenvalue weighted by Crippen LogP contribution is 2.22. The van der Waals surface area contributed by atoms with Crippen molar-refractivity contribution in [3.63, 3.8) is 0 Å². The zero-order valence-electron chi connectivity index (χ0n) is 17.5. The minimum atomic E-state index is -0.747. The van der Waals surface area contributed by atoms with Crippen LogP contribution in [0.15, 0.2) is 29.1 Å². The second-order valence-corrected chi connectivity index (χ2v) is 7.54. The first-order valence-electron chi connectivity index (χ1n) is 10.3. The Morgan fingerprint density at radius 2 is 1.91 bits per heavy atom. The molecule has 0 atom stereocenters. The van der Waals surface area contributed by atoms with Crippen LogP contribution in [0.5, 0.6) is 0 Å². The van der Waals surface area contributed by atoms with Crippen molar-refractivity contribution >= 4 is 22.6 Å². The summed E-state index contributed by atoms with van der Waals surface area (Å²) in [5, 5.41) is 0. The van der Waals surface area contributed by atoms with Crippen molar-refractivity contribution in [1.82, 2.24) is 25.3 Å². The lowest BCUT2D eigenvalue weighted by atomic mass is 10.1. The lowest BCUT2D eigenvalue weighted by Gasteiger charge is -2.36. The second-order valence-electron chi connectivity index (χ2n) is 7.54. The number of aryl methyl sites for hydroxylation is 1. The van der Waals surface area contributed by atoms with Gasteiger partial charge in [0.05, 0.1) is 11.2 Å². The van der Waals surface area contributed by atoms with E-state index in [0.717, 1.165) is 0 Å². The van der Waals surface area contributed by atoms with Crippen LogP contribution in [0.2, 0.25) is 0 Å². The number of H-pyrrole nitrogens is 1. The number of aromatic amines is 1. The van der Waals surface area contributed by atoms with Gasteiger partial charge in [0.2, 0.25) is 5.95 Å². The lowest BCUT2D eigenvalue weighted by molar-refractivity contribution is 0.0947. The third kappa shape index (κ3) is 4.16. The smallest absolute Gasteiger partial charge is 0.283 e. The molecule has 4 rings (SSSR count). The number of nitrogens with one attached hydrogen (secondary N) is 2. The molecule has 3 aromatic rings. The van der Waals surface area contributed by atoms with Gasteiger partial charge in [0.25, 0.3) is 11.5 Å². The normalized spacial score (nSPS) is 14.7. The monoisotopic (exact) mass is 443 g/mol. The number of anilines is 1. The van der Waals surface area contributed by atoms with Crippen molar-refractivity contribution in [2.24, 2.45) is 5.84 Å². The Hall–Kier alpha value is -3.44. The van der Waals surface area contributed by atoms with Crippen LogP contribution in [-0.4, -0.2) is 51.9 Å². The van der Waals surface area contributed by atoms with Gasteiger partial charge in [-0.3, -0.25) is 19.9 Å². The van der Waals surface area contributed by atoms with Crippen molar-refractivity contribution < 1.29 is 13.6 Å². The van der Waals surface area contributed by atoms with Crippen LogP contribution in [0.1, 0.15) is 28.7 Å². The summed E-state index contributed by atoms with van der Waals surface area (Å²) in [6, 6.07) is 6.30. The average molecular weight is 443 g/mol. The number of aromatic nitrogens is 3. The fourth-order valence-corrected chi connectivity index (χ4v) is 3.82. The van der Waals surface area contributed by atoms with E-state index in [1.165, 1.54) is 12.1 Å². The molecule has 0 saturated carbocycles. The predicted molar refractivity (Wildman–Crippen MR) is 115 cm³/mol. The number of fused-ring (bicyclic) bond motifs is 1. The topological polar surface area (TPSA) is 120 Å². The molecule has 3 heterocycles. The molecular weight excluding hydrogens is 420 g/mol. The number of carbonyl (C=O) groups is 1. The number of nitrogens with two attached hydrogens (primary N) is 1. The number of halogens is 2. The van der Waals surface area contributed by atoms with E-state index in [4.69, 9.17) is 5.84 Å². The minimum absolute atomic E-state index is 0.0993. The van der Waals surface area contributed by atoms with Gasteiger partial charge >= 0.3 is 0 Å². The number of hydrazine groups is 1. The number of hydrogen-bond donors (Lipinski definition) is 3. The first kappa shape index (κ1) is 21.8. The van der Waals surface area contributed by atoms with E-state index in [1.807, 2.05) is 22.1 Å². The third-order valence-electron chi connectivity index (χ3n) is 5.59. The Labute approximate surface area is 182 Å². The predicted octanol–water partition coefficient (Wildman–Crippen LogP) is 1.08. The number of benzene rings is 1. The van der Waals surface area contributed by atoms with Gasteiger partial charge in [0.15, 0.2) is 5.82 Å². The second kappa shape index (κ2) is 8.97. The summed E-state index contributed by atoms with van der Waals surface area (Å²) in [6.45, 7) is 4.34. The first-order chi connectivity index (χ1) is 15.4. The minimum Gasteiger partial charge on any atom is -0.365 e. The van der Waals surface area contributed by atoms with E-state index in [2.05, 4.69) is 15.0 Å². The van der Waals surface area contributed by atoms with E-state index >= 15 is 4.39 Å². The molecule has 0 unspecified atom stereocenters. The molecular formula is C21H23F2N7O2. The summed E-state index contributed by atoms with van der Waals surface area (Å²) in [5.74, 6) is 3.15. The molecule has 1 amide bonds. The molecule has 2 aromatic heterocycles. The highest BCUT2D eigenvalue weighted by Gasteiger charge is 2.22. The maximum atomic E-state index is 15.0. The first-order valence-corrected chi connectivity index (χ1v) is 10.3. The van der Waals surface area contributed by atoms with Crippen LogP contribution in [0.25, 0.3) is 11.0 Å². The summed E-state index contributed by atoms with van der Waals surface area (Å²) >= 11 is 0. The molecule has 4 N–H and O–H groups in total. The maximum absolute atomic E-state index is 15.0. The number of piperazine rings is 1. The van der Waals surface area contributed by atoms with Gasteiger partial charge in [-0.1, -0.05) is 13.0 Å². The fraction of sp³-hybridized carbons (Fsp3) is 0.333. The van der Waals surface area contributed by atoms with E-state index < -0.39 is 17.7 Å². The molecule has 1 fully saturated rings. The molecule has 0 aliphatic carbocycles. The average Bonchev–Trinajstić information content (AvgIpc) is 2.81. The van der Waals surface area contributed by atoms with Crippen molar-refractivity contribution in [3.05, 3.63) is 63.3 Å². The van der Waals surface area contributed by atoms with Gasteiger partial charge in [-0.05, 0) is 24.6 Å². The number of pyridine rings is 1. The van der Waals surface area contributed by atoms with Crippen LogP contribution >= 0.6 is 0 Å². The van der Waals surface area contributed by atoms with Gasteiger partial charge in [0.1, 0.15) is 16.9 Å². The van der Waals surface area contributed by atoms with E-state index in [9.17, 15) is 14.0 Å². The fourth-order valence-electron chi connectivity index (χ4n) is 3.82. The van der Waals surface area contributed by atoms with Crippen LogP contribution in [0.4, 0.5) is 14.5 Å². The zero-order valence-corrected chi connectivity index (χ0v) is 17.5. The quantitative estimate of drug-likeness (QED) is 0.234. The molecule has 11 heteroatoms. The Bertz CT molecular complexity index is 1220. The van der Waals surface area contributed by atoms with Gasteiger partial charge in [0, 0.05) is 38.3 Å². The van der Waals surface area contributed by atoms with Crippen molar-refractivity contribution in [3.8, 4) is 0 Å². The number of nitrogens with zero attached hydrogens (tertiary/aromatic N) is 4. The van der Waals surface area contributed by atoms with Crippen LogP contribution in [0.3, 0.4) is 0 Å². The summed E-state index contributed by atoms with van der Waals surface area (Å²) in [6.07, 6.45) is 0.470. The van der Waals surface area contributed by atoms with Gasteiger partial charge in [-0.2, -0.15) is 4.39 Å². The maximum Gasteiger partial charge on any atom is 0.283 e. The van der Waals surface area contributed by atoms with Gasteiger partial charge < -0.3 is 9.88 Å². The van der Waals surface area contributed by atoms with Crippen LogP contribution in [-0.2, 0) is 13.0 Å². The lowest BCUT2D eigenvalue weighted by Crippen LogP contribution is -2.46. The summed E-state index contributed by atoms with van der Waals surface area (Å²) < 4.78 is 29.4. The van der Waals surface area contributed by atoms with Crippen molar-refractivity contribution in [2.75, 3.05) is 31.1 Å². The standard InChI is InChI=1S/C21H23F2N7O2/c1-2-13-20(31)27-18-14(25-13)4-3-12(17(18)22)11-29-7-9-30(10-8-29)16-6-5-15(21(32)28-24)26-19(16)23/h3-6H,2,7-11,24H2,1H3,(H,27,31)(H,28,32). The Balaban J connectivity index is 1.45. The van der Waals surface area contributed by atoms with E-state index in [-0.39, 0.29) is 16.8 Å². The third-order valence-corrected chi connectivity index (χ3v) is 5.59. The van der Waals surface area contributed by atoms with E-state index in [0.29, 0.717) is 61.6 Å². The number of amides is 1. The highest BCUT2D eigenvalue weighted by atomic mass is 19.1. The summed E-state index contributed by atoms with van der Waals surface area (Å²) in [7, 11) is 0. The number of hydrogen-bond acceptors (Lipinski definition) is 7. The van der Waals surface area contributed by atoms with Gasteiger partial charge in [-0.25, -0.2) is 20.2 Å². The number of rotatable bonds is 5. The Morgan fingerprint density at radius 3 is 2.56 bits per heavy atom. The van der Waals surface area contributed by atoms with Crippen molar-refractivity contribution in [2.45, 2.75) is 19.9 Å². The number of carbonyl (C=O) groups excluding carboxylic acids is 1. The van der Waals surface area contributed by atoms with E-state index in [1.54, 1.807) is 12.1 Å². The molecule has 0 bridgehead atoms. The highest BCUT2D eigenvalue weighted by molar-refractivity contribution is 5.92. The SMILES string of the molecule is CCc1nc2ccc(CN3CCN(c4ccc(C(=O)NN)nc4F)CC3)c(F)c2[nH]c1=O. The van der Waals surface area contributed by atoms with Crippen molar-refractivity contribution in [1.29, 1.82) is 0 Å². The molecule has 0 spiro atoms. The van der Waals surface area contributed by atoms with Crippen LogP contribution < -0.4 is 21.7 Å². The summed E-state index contributed by atoms with van der Waals surface area (Å²) in [4.78, 5) is 37.9. The molecule has 1 saturated heterocycles.